The summed E-state index contributed by atoms with van der Waals surface area (Å²) in [4.78, 5) is 11.9. The van der Waals surface area contributed by atoms with E-state index in [9.17, 15) is 9.90 Å². The van der Waals surface area contributed by atoms with Crippen molar-refractivity contribution in [3.8, 4) is 0 Å². The molecule has 1 heterocycles. The minimum atomic E-state index is -1.68. The van der Waals surface area contributed by atoms with Gasteiger partial charge in [0.15, 0.2) is 0 Å². The lowest BCUT2D eigenvalue weighted by molar-refractivity contribution is -0.343. The van der Waals surface area contributed by atoms with Crippen LogP contribution in [-0.4, -0.2) is 47.4 Å². The quantitative estimate of drug-likeness (QED) is 0.695. The number of ether oxygens (including phenoxy) is 3. The second kappa shape index (κ2) is 6.39. The first kappa shape index (κ1) is 17.4. The summed E-state index contributed by atoms with van der Waals surface area (Å²) in [5, 5.41) is 12.7. The fourth-order valence-electron chi connectivity index (χ4n) is 2.56. The van der Waals surface area contributed by atoms with Gasteiger partial charge < -0.3 is 19.3 Å². The molecule has 0 saturated carbocycles. The van der Waals surface area contributed by atoms with E-state index in [0.29, 0.717) is 13.0 Å². The highest BCUT2D eigenvalue weighted by Crippen LogP contribution is 2.40. The van der Waals surface area contributed by atoms with Crippen molar-refractivity contribution >= 4 is 5.97 Å². The second-order valence-electron chi connectivity index (χ2n) is 5.92. The van der Waals surface area contributed by atoms with Crippen LogP contribution in [0.1, 0.15) is 48.0 Å². The zero-order valence-corrected chi connectivity index (χ0v) is 13.2. The van der Waals surface area contributed by atoms with E-state index < -0.39 is 17.5 Å². The van der Waals surface area contributed by atoms with Crippen LogP contribution < -0.4 is 5.32 Å². The third-order valence-corrected chi connectivity index (χ3v) is 2.93. The van der Waals surface area contributed by atoms with Crippen molar-refractivity contribution in [3.05, 3.63) is 0 Å². The van der Waals surface area contributed by atoms with Crippen molar-refractivity contribution < 1.29 is 24.1 Å². The van der Waals surface area contributed by atoms with E-state index in [0.717, 1.165) is 0 Å². The summed E-state index contributed by atoms with van der Waals surface area (Å²) in [6, 6.07) is 0. The Morgan fingerprint density at radius 2 is 1.45 bits per heavy atom. The highest BCUT2D eigenvalue weighted by molar-refractivity contribution is 5.79. The van der Waals surface area contributed by atoms with Gasteiger partial charge in [0.2, 0.25) is 5.79 Å². The van der Waals surface area contributed by atoms with Crippen LogP contribution in [0, 0.1) is 0 Å². The molecule has 1 aliphatic heterocycles. The van der Waals surface area contributed by atoms with Gasteiger partial charge in [-0.25, -0.2) is 4.79 Å². The van der Waals surface area contributed by atoms with Crippen LogP contribution >= 0.6 is 0 Å². The summed E-state index contributed by atoms with van der Waals surface area (Å²) in [6.45, 7) is 11.5. The highest BCUT2D eigenvalue weighted by atomic mass is 16.7. The van der Waals surface area contributed by atoms with Gasteiger partial charge in [-0.3, -0.25) is 5.32 Å². The molecule has 2 N–H and O–H groups in total. The molecule has 0 aromatic heterocycles. The van der Waals surface area contributed by atoms with Crippen LogP contribution in [0.4, 0.5) is 0 Å². The molecule has 0 aliphatic carbocycles. The molecule has 1 fully saturated rings. The minimum Gasteiger partial charge on any atom is -0.478 e. The van der Waals surface area contributed by atoms with Gasteiger partial charge in [0, 0.05) is 13.0 Å². The molecule has 0 aromatic carbocycles. The third kappa shape index (κ3) is 3.31. The molecule has 0 spiro atoms. The Balaban J connectivity index is 3.24. The van der Waals surface area contributed by atoms with E-state index >= 15 is 0 Å². The topological polar surface area (TPSA) is 77.0 Å². The lowest BCUT2D eigenvalue weighted by Crippen LogP contribution is -2.67. The summed E-state index contributed by atoms with van der Waals surface area (Å²) in [6.07, 6.45) is -0.212. The van der Waals surface area contributed by atoms with Gasteiger partial charge in [0.1, 0.15) is 0 Å². The number of hydrogen-bond acceptors (Lipinski definition) is 5. The van der Waals surface area contributed by atoms with Crippen LogP contribution in [0.15, 0.2) is 0 Å². The van der Waals surface area contributed by atoms with E-state index in [1.165, 1.54) is 0 Å². The van der Waals surface area contributed by atoms with Crippen LogP contribution in [-0.2, 0) is 19.0 Å². The van der Waals surface area contributed by atoms with Crippen molar-refractivity contribution in [2.45, 2.75) is 77.8 Å². The first-order chi connectivity index (χ1) is 9.15. The third-order valence-electron chi connectivity index (χ3n) is 2.93. The molecule has 0 amide bonds. The molecule has 118 valence electrons. The van der Waals surface area contributed by atoms with Crippen LogP contribution in [0.2, 0.25) is 0 Å². The maximum atomic E-state index is 11.9. The molecule has 0 bridgehead atoms. The Bertz CT molecular complexity index is 332. The molecule has 0 radical (unpaired) electrons. The number of rotatable bonds is 7. The highest BCUT2D eigenvalue weighted by Gasteiger charge is 2.65. The standard InChI is InChI=1S/C14H27NO5/c1-9(2)18-13(19-10(3)4)7-8-15-14(13,12(16)17)20-11(5)6/h9-11,15H,7-8H2,1-6H3,(H,16,17)/t14-/m0/s1. The Hall–Kier alpha value is -0.690. The van der Waals surface area contributed by atoms with E-state index in [2.05, 4.69) is 5.32 Å². The zero-order valence-electron chi connectivity index (χ0n) is 13.2. The number of carboxylic acids is 1. The zero-order chi connectivity index (χ0) is 15.6. The Morgan fingerprint density at radius 1 is 1.00 bits per heavy atom. The molecule has 6 heteroatoms. The summed E-state index contributed by atoms with van der Waals surface area (Å²) >= 11 is 0. The summed E-state index contributed by atoms with van der Waals surface area (Å²) < 4.78 is 17.5. The molecule has 1 rings (SSSR count). The van der Waals surface area contributed by atoms with Crippen molar-refractivity contribution in [1.82, 2.24) is 5.32 Å². The molecule has 1 atom stereocenters. The van der Waals surface area contributed by atoms with E-state index in [4.69, 9.17) is 14.2 Å². The first-order valence-corrected chi connectivity index (χ1v) is 7.17. The Morgan fingerprint density at radius 3 is 1.80 bits per heavy atom. The average molecular weight is 289 g/mol. The lowest BCUT2D eigenvalue weighted by Gasteiger charge is -2.44. The fourth-order valence-corrected chi connectivity index (χ4v) is 2.56. The van der Waals surface area contributed by atoms with Crippen molar-refractivity contribution in [1.29, 1.82) is 0 Å². The van der Waals surface area contributed by atoms with Gasteiger partial charge >= 0.3 is 5.97 Å². The van der Waals surface area contributed by atoms with Crippen molar-refractivity contribution in [2.24, 2.45) is 0 Å². The molecule has 6 nitrogen and oxygen atoms in total. The minimum absolute atomic E-state index is 0.178. The molecule has 0 aromatic rings. The fraction of sp³-hybridized carbons (Fsp3) is 0.929. The van der Waals surface area contributed by atoms with Gasteiger partial charge in [0.25, 0.3) is 5.72 Å². The van der Waals surface area contributed by atoms with Crippen LogP contribution in [0.5, 0.6) is 0 Å². The SMILES string of the molecule is CC(C)OC1(OC(C)C)CCN[C@]1(OC(C)C)C(=O)O. The van der Waals surface area contributed by atoms with Gasteiger partial charge in [-0.05, 0) is 41.5 Å². The number of aliphatic carboxylic acids is 1. The van der Waals surface area contributed by atoms with Crippen molar-refractivity contribution in [2.75, 3.05) is 6.54 Å². The predicted octanol–water partition coefficient (Wildman–Crippen LogP) is 1.73. The smallest absolute Gasteiger partial charge is 0.357 e. The molecule has 1 saturated heterocycles. The summed E-state index contributed by atoms with van der Waals surface area (Å²) in [7, 11) is 0. The molecular weight excluding hydrogens is 262 g/mol. The number of hydrogen-bond donors (Lipinski definition) is 2. The average Bonchev–Trinajstić information content (AvgIpc) is 2.55. The van der Waals surface area contributed by atoms with E-state index in [1.54, 1.807) is 13.8 Å². The normalized spacial score (nSPS) is 25.9. The predicted molar refractivity (Wildman–Crippen MR) is 74.4 cm³/mol. The Labute approximate surface area is 120 Å². The largest absolute Gasteiger partial charge is 0.478 e. The van der Waals surface area contributed by atoms with Gasteiger partial charge in [-0.1, -0.05) is 0 Å². The first-order valence-electron chi connectivity index (χ1n) is 7.17. The summed E-state index contributed by atoms with van der Waals surface area (Å²) in [5.74, 6) is -2.45. The molecule has 20 heavy (non-hydrogen) atoms. The molecule has 0 unspecified atom stereocenters. The number of carboxylic acid groups (broad SMARTS) is 1. The lowest BCUT2D eigenvalue weighted by atomic mass is 10.0. The van der Waals surface area contributed by atoms with E-state index in [1.807, 2.05) is 27.7 Å². The molecular formula is C14H27NO5. The maximum Gasteiger partial charge on any atom is 0.357 e. The van der Waals surface area contributed by atoms with Gasteiger partial charge in [0.05, 0.1) is 18.3 Å². The maximum absolute atomic E-state index is 11.9. The summed E-state index contributed by atoms with van der Waals surface area (Å²) in [5.41, 5.74) is -1.68. The van der Waals surface area contributed by atoms with Crippen molar-refractivity contribution in [3.63, 3.8) is 0 Å². The van der Waals surface area contributed by atoms with E-state index in [-0.39, 0.29) is 18.3 Å². The second-order valence-corrected chi connectivity index (χ2v) is 5.92. The van der Waals surface area contributed by atoms with Crippen LogP contribution in [0.25, 0.3) is 0 Å². The monoisotopic (exact) mass is 289 g/mol. The number of nitrogens with one attached hydrogen (secondary N) is 1. The van der Waals surface area contributed by atoms with Gasteiger partial charge in [-0.15, -0.1) is 0 Å². The Kier molecular flexibility index (Phi) is 5.54. The number of carbonyl (C=O) groups is 1. The van der Waals surface area contributed by atoms with Gasteiger partial charge in [-0.2, -0.15) is 0 Å². The molecule has 1 aliphatic rings. The van der Waals surface area contributed by atoms with Crippen LogP contribution in [0.3, 0.4) is 0 Å².